The van der Waals surface area contributed by atoms with Crippen LogP contribution in [0.25, 0.3) is 0 Å². The van der Waals surface area contributed by atoms with Crippen molar-refractivity contribution in [2.24, 2.45) is 0 Å². The predicted molar refractivity (Wildman–Crippen MR) is 52.1 cm³/mol. The molecular formula is C10H15N3O. The van der Waals surface area contributed by atoms with Crippen molar-refractivity contribution in [1.29, 1.82) is 0 Å². The fourth-order valence-corrected chi connectivity index (χ4v) is 1.84. The predicted octanol–water partition coefficient (Wildman–Crippen LogP) is 0.948. The second-order valence-electron chi connectivity index (χ2n) is 4.06. The molecule has 2 fully saturated rings. The van der Waals surface area contributed by atoms with Gasteiger partial charge < -0.3 is 15.0 Å². The van der Waals surface area contributed by atoms with Crippen LogP contribution in [0, 0.1) is 0 Å². The summed E-state index contributed by atoms with van der Waals surface area (Å²) in [5, 5.41) is 3.31. The van der Waals surface area contributed by atoms with E-state index in [1.807, 2.05) is 6.20 Å². The van der Waals surface area contributed by atoms with Crippen LogP contribution in [0.4, 0.5) is 0 Å². The number of H-pyrrole nitrogens is 1. The fourth-order valence-electron chi connectivity index (χ4n) is 1.84. The van der Waals surface area contributed by atoms with Crippen LogP contribution in [-0.2, 0) is 4.74 Å². The Morgan fingerprint density at radius 1 is 1.43 bits per heavy atom. The lowest BCUT2D eigenvalue weighted by Gasteiger charge is -2.22. The number of hydrogen-bond acceptors (Lipinski definition) is 3. The Morgan fingerprint density at radius 3 is 3.07 bits per heavy atom. The number of aromatic amines is 1. The van der Waals surface area contributed by atoms with Crippen molar-refractivity contribution in [3.05, 3.63) is 17.7 Å². The first-order valence-corrected chi connectivity index (χ1v) is 5.30. The zero-order valence-corrected chi connectivity index (χ0v) is 8.12. The molecule has 1 aliphatic heterocycles. The molecule has 2 heterocycles. The van der Waals surface area contributed by atoms with E-state index in [0.29, 0.717) is 5.92 Å². The molecule has 2 N–H and O–H groups in total. The monoisotopic (exact) mass is 193 g/mol. The highest BCUT2D eigenvalue weighted by atomic mass is 16.5. The molecule has 1 aliphatic carbocycles. The minimum Gasteiger partial charge on any atom is -0.369 e. The molecule has 0 aromatic carbocycles. The quantitative estimate of drug-likeness (QED) is 0.735. The molecule has 1 aromatic rings. The van der Waals surface area contributed by atoms with Crippen molar-refractivity contribution < 1.29 is 4.74 Å². The standard InChI is InChI=1S/C10H15N3O/c1-2-7(1)10-12-5-8(13-10)9-6-11-3-4-14-9/h5,7,9,11H,1-4,6H2,(H,12,13). The largest absolute Gasteiger partial charge is 0.369 e. The molecule has 1 unspecified atom stereocenters. The number of morpholine rings is 1. The molecule has 1 saturated carbocycles. The lowest BCUT2D eigenvalue weighted by molar-refractivity contribution is 0.0252. The molecule has 4 nitrogen and oxygen atoms in total. The summed E-state index contributed by atoms with van der Waals surface area (Å²) in [5.41, 5.74) is 1.12. The number of imidazole rings is 1. The first-order chi connectivity index (χ1) is 6.93. The third kappa shape index (κ3) is 1.55. The van der Waals surface area contributed by atoms with Crippen LogP contribution in [0.2, 0.25) is 0 Å². The molecule has 4 heteroatoms. The van der Waals surface area contributed by atoms with E-state index in [0.717, 1.165) is 31.2 Å². The summed E-state index contributed by atoms with van der Waals surface area (Å²) in [5.74, 6) is 1.84. The van der Waals surface area contributed by atoms with Gasteiger partial charge >= 0.3 is 0 Å². The summed E-state index contributed by atoms with van der Waals surface area (Å²) >= 11 is 0. The third-order valence-corrected chi connectivity index (χ3v) is 2.85. The summed E-state index contributed by atoms with van der Waals surface area (Å²) in [7, 11) is 0. The van der Waals surface area contributed by atoms with E-state index in [4.69, 9.17) is 4.74 Å². The van der Waals surface area contributed by atoms with Gasteiger partial charge in [0.1, 0.15) is 11.9 Å². The van der Waals surface area contributed by atoms with E-state index in [-0.39, 0.29) is 6.10 Å². The zero-order chi connectivity index (χ0) is 9.38. The average molecular weight is 193 g/mol. The van der Waals surface area contributed by atoms with E-state index < -0.39 is 0 Å². The van der Waals surface area contributed by atoms with Crippen molar-refractivity contribution in [3.63, 3.8) is 0 Å². The lowest BCUT2D eigenvalue weighted by atomic mass is 10.2. The van der Waals surface area contributed by atoms with E-state index in [1.165, 1.54) is 12.8 Å². The van der Waals surface area contributed by atoms with Gasteiger partial charge in [0.05, 0.1) is 18.5 Å². The molecule has 0 amide bonds. The molecule has 1 saturated heterocycles. The van der Waals surface area contributed by atoms with Gasteiger partial charge in [-0.05, 0) is 12.8 Å². The molecule has 76 valence electrons. The van der Waals surface area contributed by atoms with Crippen molar-refractivity contribution in [2.75, 3.05) is 19.7 Å². The number of ether oxygens (including phenoxy) is 1. The normalized spacial score (nSPS) is 27.9. The van der Waals surface area contributed by atoms with Crippen molar-refractivity contribution in [1.82, 2.24) is 15.3 Å². The van der Waals surface area contributed by atoms with Gasteiger partial charge in [-0.1, -0.05) is 0 Å². The Morgan fingerprint density at radius 2 is 2.36 bits per heavy atom. The highest BCUT2D eigenvalue weighted by Crippen LogP contribution is 2.38. The number of nitrogens with one attached hydrogen (secondary N) is 2. The van der Waals surface area contributed by atoms with E-state index >= 15 is 0 Å². The molecule has 2 aliphatic rings. The minimum absolute atomic E-state index is 0.170. The number of hydrogen-bond donors (Lipinski definition) is 2. The number of aromatic nitrogens is 2. The first-order valence-electron chi connectivity index (χ1n) is 5.30. The summed E-state index contributed by atoms with van der Waals surface area (Å²) in [6.45, 7) is 2.65. The lowest BCUT2D eigenvalue weighted by Crippen LogP contribution is -2.33. The van der Waals surface area contributed by atoms with E-state index in [1.54, 1.807) is 0 Å². The van der Waals surface area contributed by atoms with Crippen LogP contribution < -0.4 is 5.32 Å². The van der Waals surface area contributed by atoms with Crippen LogP contribution in [0.15, 0.2) is 6.20 Å². The smallest absolute Gasteiger partial charge is 0.111 e. The van der Waals surface area contributed by atoms with Gasteiger partial charge in [0, 0.05) is 19.0 Å². The second kappa shape index (κ2) is 3.37. The topological polar surface area (TPSA) is 49.9 Å². The van der Waals surface area contributed by atoms with Gasteiger partial charge in [0.2, 0.25) is 0 Å². The van der Waals surface area contributed by atoms with E-state index in [2.05, 4.69) is 15.3 Å². The first kappa shape index (κ1) is 8.44. The van der Waals surface area contributed by atoms with Crippen LogP contribution in [0.3, 0.4) is 0 Å². The zero-order valence-electron chi connectivity index (χ0n) is 8.12. The van der Waals surface area contributed by atoms with Crippen LogP contribution in [0.1, 0.15) is 36.4 Å². The Hall–Kier alpha value is -0.870. The Balaban J connectivity index is 1.74. The average Bonchev–Trinajstić information content (AvgIpc) is 2.98. The van der Waals surface area contributed by atoms with Crippen molar-refractivity contribution in [2.45, 2.75) is 24.9 Å². The highest BCUT2D eigenvalue weighted by Gasteiger charge is 2.27. The van der Waals surface area contributed by atoms with Crippen LogP contribution in [0.5, 0.6) is 0 Å². The van der Waals surface area contributed by atoms with Crippen LogP contribution in [-0.4, -0.2) is 29.7 Å². The van der Waals surface area contributed by atoms with Crippen LogP contribution >= 0.6 is 0 Å². The van der Waals surface area contributed by atoms with Gasteiger partial charge in [-0.15, -0.1) is 0 Å². The highest BCUT2D eigenvalue weighted by molar-refractivity contribution is 5.12. The van der Waals surface area contributed by atoms with Gasteiger partial charge in [-0.3, -0.25) is 0 Å². The van der Waals surface area contributed by atoms with Gasteiger partial charge in [0.15, 0.2) is 0 Å². The Labute approximate surface area is 83.1 Å². The maximum atomic E-state index is 5.64. The fraction of sp³-hybridized carbons (Fsp3) is 0.700. The molecule has 1 aromatic heterocycles. The van der Waals surface area contributed by atoms with Crippen molar-refractivity contribution >= 4 is 0 Å². The summed E-state index contributed by atoms with van der Waals surface area (Å²) in [6, 6.07) is 0. The third-order valence-electron chi connectivity index (χ3n) is 2.85. The van der Waals surface area contributed by atoms with E-state index in [9.17, 15) is 0 Å². The van der Waals surface area contributed by atoms with Gasteiger partial charge in [-0.2, -0.15) is 0 Å². The molecule has 0 bridgehead atoms. The molecule has 0 radical (unpaired) electrons. The summed E-state index contributed by atoms with van der Waals surface area (Å²) in [4.78, 5) is 7.76. The molecule has 3 rings (SSSR count). The minimum atomic E-state index is 0.170. The van der Waals surface area contributed by atoms with Gasteiger partial charge in [0.25, 0.3) is 0 Å². The summed E-state index contributed by atoms with van der Waals surface area (Å²) < 4.78 is 5.64. The Kier molecular flexibility index (Phi) is 2.03. The second-order valence-corrected chi connectivity index (χ2v) is 4.06. The van der Waals surface area contributed by atoms with Crippen molar-refractivity contribution in [3.8, 4) is 0 Å². The number of rotatable bonds is 2. The molecule has 0 spiro atoms. The maximum absolute atomic E-state index is 5.64. The molecule has 14 heavy (non-hydrogen) atoms. The Bertz CT molecular complexity index is 313. The van der Waals surface area contributed by atoms with Gasteiger partial charge in [-0.25, -0.2) is 4.98 Å². The maximum Gasteiger partial charge on any atom is 0.111 e. The molecule has 1 atom stereocenters. The SMILES string of the molecule is c1nc(C2CC2)[nH]c1C1CNCCO1. The summed E-state index contributed by atoms with van der Waals surface area (Å²) in [6.07, 6.45) is 4.67. The number of nitrogens with zero attached hydrogens (tertiary/aromatic N) is 1. The molecular weight excluding hydrogens is 178 g/mol.